The van der Waals surface area contributed by atoms with Crippen molar-refractivity contribution < 1.29 is 4.79 Å². The van der Waals surface area contributed by atoms with E-state index in [1.165, 1.54) is 6.42 Å². The van der Waals surface area contributed by atoms with Crippen LogP contribution in [0, 0.1) is 0 Å². The van der Waals surface area contributed by atoms with Crippen molar-refractivity contribution >= 4 is 6.03 Å². The molecule has 3 heterocycles. The highest BCUT2D eigenvalue weighted by molar-refractivity contribution is 5.75. The Morgan fingerprint density at radius 2 is 2.04 bits per heavy atom. The molecule has 0 unspecified atom stereocenters. The molecule has 2 fully saturated rings. The third-order valence-electron chi connectivity index (χ3n) is 5.50. The zero-order chi connectivity index (χ0) is 17.1. The molecule has 2 aromatic rings. The summed E-state index contributed by atoms with van der Waals surface area (Å²) in [5, 5.41) is 7.71. The number of urea groups is 1. The van der Waals surface area contributed by atoms with Crippen LogP contribution in [0.15, 0.2) is 30.9 Å². The van der Waals surface area contributed by atoms with Crippen molar-refractivity contribution in [2.24, 2.45) is 0 Å². The van der Waals surface area contributed by atoms with Gasteiger partial charge in [0.15, 0.2) is 0 Å². The molecule has 7 heteroatoms. The van der Waals surface area contributed by atoms with Crippen molar-refractivity contribution in [3.8, 4) is 0 Å². The second-order valence-electron chi connectivity index (χ2n) is 7.07. The van der Waals surface area contributed by atoms with E-state index in [1.54, 1.807) is 6.20 Å². The van der Waals surface area contributed by atoms with Gasteiger partial charge in [-0.25, -0.2) is 9.78 Å². The van der Waals surface area contributed by atoms with Crippen LogP contribution in [0.3, 0.4) is 0 Å². The normalized spacial score (nSPS) is 27.2. The van der Waals surface area contributed by atoms with E-state index in [4.69, 9.17) is 0 Å². The second kappa shape index (κ2) is 7.29. The number of hydrogen-bond donors (Lipinski definition) is 2. The summed E-state index contributed by atoms with van der Waals surface area (Å²) in [6, 6.07) is 2.42. The van der Waals surface area contributed by atoms with E-state index in [0.717, 1.165) is 50.9 Å². The molecule has 1 saturated heterocycles. The first kappa shape index (κ1) is 16.2. The van der Waals surface area contributed by atoms with Crippen molar-refractivity contribution in [1.82, 2.24) is 30.0 Å². The molecule has 0 aromatic carbocycles. The minimum atomic E-state index is 0.0326. The van der Waals surface area contributed by atoms with Crippen LogP contribution in [0.25, 0.3) is 0 Å². The lowest BCUT2D eigenvalue weighted by Gasteiger charge is -2.38. The average molecular weight is 342 g/mol. The fourth-order valence-electron chi connectivity index (χ4n) is 4.23. The van der Waals surface area contributed by atoms with E-state index in [9.17, 15) is 4.79 Å². The van der Waals surface area contributed by atoms with Gasteiger partial charge in [0.25, 0.3) is 0 Å². The van der Waals surface area contributed by atoms with Crippen molar-refractivity contribution in [3.63, 3.8) is 0 Å². The quantitative estimate of drug-likeness (QED) is 0.900. The fourth-order valence-corrected chi connectivity index (χ4v) is 4.23. The minimum absolute atomic E-state index is 0.0326. The van der Waals surface area contributed by atoms with Crippen LogP contribution in [0.5, 0.6) is 0 Å². The predicted molar refractivity (Wildman–Crippen MR) is 93.9 cm³/mol. The van der Waals surface area contributed by atoms with Gasteiger partial charge in [0.1, 0.15) is 5.82 Å². The molecule has 2 aromatic heterocycles. The van der Waals surface area contributed by atoms with Crippen LogP contribution in [0.2, 0.25) is 0 Å². The number of imidazole rings is 1. The highest BCUT2D eigenvalue weighted by Crippen LogP contribution is 2.31. The smallest absolute Gasteiger partial charge is 0.318 e. The first-order chi connectivity index (χ1) is 12.3. The molecular weight excluding hydrogens is 316 g/mol. The van der Waals surface area contributed by atoms with E-state index in [0.29, 0.717) is 0 Å². The molecule has 3 atom stereocenters. The number of hydrogen-bond acceptors (Lipinski definition) is 3. The highest BCUT2D eigenvalue weighted by atomic mass is 16.2. The lowest BCUT2D eigenvalue weighted by molar-refractivity contribution is 0.136. The SMILES string of the molecule is O=C(N[C@@H]1CCCC[C@@H]1n1cccn1)N1CCCC[C@H]1c1ncc[nH]1. The van der Waals surface area contributed by atoms with E-state index < -0.39 is 0 Å². The maximum Gasteiger partial charge on any atom is 0.318 e. The molecule has 1 aliphatic carbocycles. The van der Waals surface area contributed by atoms with Crippen LogP contribution in [-0.2, 0) is 0 Å². The summed E-state index contributed by atoms with van der Waals surface area (Å²) in [6.45, 7) is 0.788. The second-order valence-corrected chi connectivity index (χ2v) is 7.07. The number of nitrogens with one attached hydrogen (secondary N) is 2. The monoisotopic (exact) mass is 342 g/mol. The number of carbonyl (C=O) groups is 1. The topological polar surface area (TPSA) is 78.8 Å². The molecule has 134 valence electrons. The zero-order valence-corrected chi connectivity index (χ0v) is 14.5. The van der Waals surface area contributed by atoms with Crippen LogP contribution in [-0.4, -0.2) is 43.3 Å². The van der Waals surface area contributed by atoms with Gasteiger partial charge in [-0.05, 0) is 38.2 Å². The number of likely N-dealkylation sites (tertiary alicyclic amines) is 1. The first-order valence-electron chi connectivity index (χ1n) is 9.38. The molecule has 4 rings (SSSR count). The summed E-state index contributed by atoms with van der Waals surface area (Å²) in [4.78, 5) is 22.5. The van der Waals surface area contributed by atoms with Gasteiger partial charge in [0.2, 0.25) is 0 Å². The lowest BCUT2D eigenvalue weighted by atomic mass is 9.90. The zero-order valence-electron chi connectivity index (χ0n) is 14.5. The van der Waals surface area contributed by atoms with E-state index >= 15 is 0 Å². The fraction of sp³-hybridized carbons (Fsp3) is 0.611. The van der Waals surface area contributed by atoms with Crippen LogP contribution in [0.1, 0.15) is 62.9 Å². The summed E-state index contributed by atoms with van der Waals surface area (Å²) in [7, 11) is 0. The van der Waals surface area contributed by atoms with Gasteiger partial charge < -0.3 is 15.2 Å². The molecule has 25 heavy (non-hydrogen) atoms. The maximum atomic E-state index is 13.0. The number of amides is 2. The van der Waals surface area contributed by atoms with Gasteiger partial charge in [0.05, 0.1) is 18.1 Å². The third-order valence-corrected chi connectivity index (χ3v) is 5.50. The Bertz CT molecular complexity index is 668. The molecule has 1 saturated carbocycles. The van der Waals surface area contributed by atoms with E-state index in [-0.39, 0.29) is 24.2 Å². The molecular formula is C18H26N6O. The Morgan fingerprint density at radius 1 is 1.16 bits per heavy atom. The van der Waals surface area contributed by atoms with Gasteiger partial charge >= 0.3 is 6.03 Å². The van der Waals surface area contributed by atoms with E-state index in [2.05, 4.69) is 20.4 Å². The number of H-pyrrole nitrogens is 1. The Balaban J connectivity index is 1.47. The molecule has 0 radical (unpaired) electrons. The van der Waals surface area contributed by atoms with Gasteiger partial charge in [-0.2, -0.15) is 5.10 Å². The third kappa shape index (κ3) is 3.41. The number of carbonyl (C=O) groups excluding carboxylic acids is 1. The molecule has 0 spiro atoms. The van der Waals surface area contributed by atoms with Crippen molar-refractivity contribution in [2.75, 3.05) is 6.54 Å². The molecule has 7 nitrogen and oxygen atoms in total. The summed E-state index contributed by atoms with van der Waals surface area (Å²) < 4.78 is 2.00. The molecule has 0 bridgehead atoms. The minimum Gasteiger partial charge on any atom is -0.347 e. The van der Waals surface area contributed by atoms with Gasteiger partial charge in [-0.15, -0.1) is 0 Å². The number of nitrogens with zero attached hydrogens (tertiary/aromatic N) is 4. The van der Waals surface area contributed by atoms with Gasteiger partial charge in [-0.3, -0.25) is 4.68 Å². The number of rotatable bonds is 3. The summed E-state index contributed by atoms with van der Waals surface area (Å²) >= 11 is 0. The number of aromatic nitrogens is 4. The lowest BCUT2D eigenvalue weighted by Crippen LogP contribution is -2.51. The Labute approximate surface area is 147 Å². The van der Waals surface area contributed by atoms with Crippen molar-refractivity contribution in [1.29, 1.82) is 0 Å². The number of piperidine rings is 1. The summed E-state index contributed by atoms with van der Waals surface area (Å²) in [6.07, 6.45) is 15.0. The first-order valence-corrected chi connectivity index (χ1v) is 9.38. The standard InChI is InChI=1S/C18H26N6O/c25-18(23-12-4-3-8-16(23)17-19-10-11-20-17)22-14-6-1-2-7-15(14)24-13-5-9-21-24/h5,9-11,13-16H,1-4,6-8,12H2,(H,19,20)(H,22,25)/t14-,15+,16+/m1/s1. The largest absolute Gasteiger partial charge is 0.347 e. The van der Waals surface area contributed by atoms with E-state index in [1.807, 2.05) is 34.2 Å². The summed E-state index contributed by atoms with van der Waals surface area (Å²) in [5.74, 6) is 0.891. The summed E-state index contributed by atoms with van der Waals surface area (Å²) in [5.41, 5.74) is 0. The number of aromatic amines is 1. The predicted octanol–water partition coefficient (Wildman–Crippen LogP) is 3.03. The van der Waals surface area contributed by atoms with Crippen LogP contribution < -0.4 is 5.32 Å². The van der Waals surface area contributed by atoms with Gasteiger partial charge in [0, 0.05) is 31.3 Å². The average Bonchev–Trinajstić information content (AvgIpc) is 3.36. The van der Waals surface area contributed by atoms with Crippen molar-refractivity contribution in [2.45, 2.75) is 63.1 Å². The van der Waals surface area contributed by atoms with Crippen LogP contribution >= 0.6 is 0 Å². The molecule has 2 N–H and O–H groups in total. The highest BCUT2D eigenvalue weighted by Gasteiger charge is 2.33. The van der Waals surface area contributed by atoms with Crippen LogP contribution in [0.4, 0.5) is 4.79 Å². The maximum absolute atomic E-state index is 13.0. The molecule has 2 aliphatic rings. The molecule has 2 amide bonds. The Morgan fingerprint density at radius 3 is 2.84 bits per heavy atom. The Kier molecular flexibility index (Phi) is 4.72. The van der Waals surface area contributed by atoms with Crippen molar-refractivity contribution in [3.05, 3.63) is 36.7 Å². The molecule has 1 aliphatic heterocycles. The Hall–Kier alpha value is -2.31. The van der Waals surface area contributed by atoms with Gasteiger partial charge in [-0.1, -0.05) is 12.8 Å².